The second-order valence-electron chi connectivity index (χ2n) is 32.4. The van der Waals surface area contributed by atoms with E-state index < -0.39 is 0 Å². The van der Waals surface area contributed by atoms with E-state index >= 15 is 0 Å². The van der Waals surface area contributed by atoms with Gasteiger partial charge < -0.3 is 28.4 Å². The molecule has 6 rings (SSSR count). The van der Waals surface area contributed by atoms with Gasteiger partial charge in [-0.05, 0) is 125 Å². The van der Waals surface area contributed by atoms with E-state index in [9.17, 15) is 14.4 Å². The number of hydrogen-bond donors (Lipinski definition) is 0. The number of benzene rings is 6. The predicted octanol–water partition coefficient (Wildman–Crippen LogP) is 32.0. The van der Waals surface area contributed by atoms with Gasteiger partial charge >= 0.3 is 17.9 Å². The molecule has 6 aromatic rings. The summed E-state index contributed by atoms with van der Waals surface area (Å²) in [4.78, 5) is 33.8. The minimum atomic E-state index is -0.285. The fourth-order valence-electron chi connectivity index (χ4n) is 15.9. The molecule has 0 aromatic heterocycles. The summed E-state index contributed by atoms with van der Waals surface area (Å²) >= 11 is 0. The number of esters is 3. The van der Waals surface area contributed by atoms with Crippen LogP contribution in [0.1, 0.15) is 433 Å². The minimum absolute atomic E-state index is 0.284. The van der Waals surface area contributed by atoms with Crippen molar-refractivity contribution in [1.29, 1.82) is 0 Å². The third kappa shape index (κ3) is 49.0. The van der Waals surface area contributed by atoms with Crippen molar-refractivity contribution in [1.82, 2.24) is 0 Å². The van der Waals surface area contributed by atoms with Crippen LogP contribution in [0.2, 0.25) is 0 Å². The third-order valence-corrected chi connectivity index (χ3v) is 22.7. The molecule has 0 radical (unpaired) electrons. The van der Waals surface area contributed by atoms with Gasteiger partial charge in [0, 0.05) is 38.5 Å². The summed E-state index contributed by atoms with van der Waals surface area (Å²) in [6.45, 7) is 11.2. The second kappa shape index (κ2) is 67.3. The molecule has 0 bridgehead atoms. The maximum Gasteiger partial charge on any atom is 0.308 e. The molecule has 113 heavy (non-hydrogen) atoms. The van der Waals surface area contributed by atoms with Gasteiger partial charge in [-0.15, -0.1) is 0 Å². The SMILES string of the molecule is CCCCCCCCCCCCCCCCCC(c1ccc(OC)cc1)c1ccc(OC(C)=O)cc1.CCCCCCCCCCCCCCCCCCC(c1ccc(OC)cc1)c1ccc(OC(C)=O)cc1.CCCCCCCCCCCCCCCCCCCCCC(c1ccc(OC)cc1)c1ccc(OC(C)=O)cc1. The van der Waals surface area contributed by atoms with E-state index in [0.29, 0.717) is 35.0 Å². The summed E-state index contributed by atoms with van der Waals surface area (Å²) in [5.74, 6) is 4.62. The quantitative estimate of drug-likeness (QED) is 0.0210. The zero-order valence-corrected chi connectivity index (χ0v) is 73.2. The van der Waals surface area contributed by atoms with Gasteiger partial charge in [-0.25, -0.2) is 0 Å². The van der Waals surface area contributed by atoms with E-state index in [1.165, 1.54) is 375 Å². The van der Waals surface area contributed by atoms with Gasteiger partial charge in [0.25, 0.3) is 0 Å². The molecule has 9 nitrogen and oxygen atoms in total. The Kier molecular flexibility index (Phi) is 58.7. The Hall–Kier alpha value is -6.87. The second-order valence-corrected chi connectivity index (χ2v) is 32.4. The molecule has 0 saturated carbocycles. The van der Waals surface area contributed by atoms with Crippen molar-refractivity contribution in [2.24, 2.45) is 0 Å². The fraction of sp³-hybridized carbons (Fsp3) is 0.625. The monoisotopic (exact) mass is 1550 g/mol. The van der Waals surface area contributed by atoms with Crippen molar-refractivity contribution in [2.45, 2.75) is 400 Å². The maximum atomic E-state index is 11.3. The zero-order chi connectivity index (χ0) is 81.1. The Labute approximate surface area is 691 Å². The molecule has 0 aliphatic heterocycles. The van der Waals surface area contributed by atoms with E-state index in [2.05, 4.69) is 93.6 Å². The van der Waals surface area contributed by atoms with Crippen LogP contribution in [0.15, 0.2) is 146 Å². The summed E-state index contributed by atoms with van der Waals surface area (Å²) in [5, 5.41) is 0. The Bertz CT molecular complexity index is 3190. The van der Waals surface area contributed by atoms with Crippen LogP contribution >= 0.6 is 0 Å². The first-order chi connectivity index (χ1) is 55.4. The molecule has 0 amide bonds. The number of carbonyl (C=O) groups excluding carboxylic acids is 3. The largest absolute Gasteiger partial charge is 0.497 e. The van der Waals surface area contributed by atoms with Gasteiger partial charge in [0.1, 0.15) is 34.5 Å². The summed E-state index contributed by atoms with van der Waals surface area (Å²) < 4.78 is 31.7. The van der Waals surface area contributed by atoms with E-state index in [-0.39, 0.29) is 17.9 Å². The average molecular weight is 1550 g/mol. The molecular weight excluding hydrogens is 1390 g/mol. The van der Waals surface area contributed by atoms with Gasteiger partial charge in [-0.1, -0.05) is 415 Å². The highest BCUT2D eigenvalue weighted by Gasteiger charge is 2.19. The topological polar surface area (TPSA) is 107 Å². The Morgan fingerprint density at radius 3 is 0.442 bits per heavy atom. The van der Waals surface area contributed by atoms with Crippen molar-refractivity contribution in [3.05, 3.63) is 179 Å². The highest BCUT2D eigenvalue weighted by atomic mass is 16.5. The molecule has 6 aromatic carbocycles. The maximum absolute atomic E-state index is 11.3. The zero-order valence-electron chi connectivity index (χ0n) is 73.2. The molecule has 0 saturated heterocycles. The Balaban J connectivity index is 0.000000358. The van der Waals surface area contributed by atoms with Crippen molar-refractivity contribution in [2.75, 3.05) is 21.3 Å². The highest BCUT2D eigenvalue weighted by molar-refractivity contribution is 5.70. The fourth-order valence-corrected chi connectivity index (χ4v) is 15.9. The van der Waals surface area contributed by atoms with Crippen molar-refractivity contribution in [3.8, 4) is 34.5 Å². The Morgan fingerprint density at radius 2 is 0.319 bits per heavy atom. The van der Waals surface area contributed by atoms with Gasteiger partial charge in [-0.2, -0.15) is 0 Å². The molecular formula is C104H160O9. The lowest BCUT2D eigenvalue weighted by atomic mass is 9.86. The summed E-state index contributed by atoms with van der Waals surface area (Å²) in [6, 6.07) is 49.3. The molecule has 0 N–H and O–H groups in total. The van der Waals surface area contributed by atoms with Crippen LogP contribution < -0.4 is 28.4 Å². The first-order valence-corrected chi connectivity index (χ1v) is 46.2. The molecule has 3 unspecified atom stereocenters. The van der Waals surface area contributed by atoms with Crippen LogP contribution in [0.5, 0.6) is 34.5 Å². The lowest BCUT2D eigenvalue weighted by molar-refractivity contribution is -0.132. The van der Waals surface area contributed by atoms with Crippen molar-refractivity contribution in [3.63, 3.8) is 0 Å². The molecule has 0 fully saturated rings. The lowest BCUT2D eigenvalue weighted by Gasteiger charge is -2.19. The first-order valence-electron chi connectivity index (χ1n) is 46.2. The number of carbonyl (C=O) groups is 3. The van der Waals surface area contributed by atoms with Crippen molar-refractivity contribution < 1.29 is 42.8 Å². The van der Waals surface area contributed by atoms with Crippen LogP contribution in [-0.2, 0) is 14.4 Å². The summed E-state index contributed by atoms with van der Waals surface area (Å²) in [6.07, 6.45) is 73.0. The molecule has 0 aliphatic rings. The highest BCUT2D eigenvalue weighted by Crippen LogP contribution is 2.37. The van der Waals surface area contributed by atoms with Gasteiger partial charge in [0.2, 0.25) is 0 Å². The lowest BCUT2D eigenvalue weighted by Crippen LogP contribution is -2.04. The van der Waals surface area contributed by atoms with E-state index in [1.807, 2.05) is 72.8 Å². The van der Waals surface area contributed by atoms with Crippen LogP contribution in [0, 0.1) is 0 Å². The number of rotatable bonds is 65. The number of unbranched alkanes of at least 4 members (excludes halogenated alkanes) is 47. The molecule has 9 heteroatoms. The van der Waals surface area contributed by atoms with Gasteiger partial charge in [0.05, 0.1) is 21.3 Å². The van der Waals surface area contributed by atoms with Crippen molar-refractivity contribution >= 4 is 17.9 Å². The average Bonchev–Trinajstić information content (AvgIpc) is 0.847. The minimum Gasteiger partial charge on any atom is -0.497 e. The first kappa shape index (κ1) is 98.5. The molecule has 0 heterocycles. The number of ether oxygens (including phenoxy) is 6. The van der Waals surface area contributed by atoms with Crippen LogP contribution in [0.3, 0.4) is 0 Å². The standard InChI is InChI=1S/C37H58O3.C34H52O3.C33H50O3/c1-4-5-6-7-8-9-10-11-12-13-14-15-16-17-18-19-20-21-22-23-37(33-24-28-35(39-3)29-25-33)34-26-30-36(31-27-34)40-32(2)38;1-4-5-6-7-8-9-10-11-12-13-14-15-16-17-18-19-20-34(30-21-25-32(36-3)26-22-30)31-23-27-33(28-24-31)37-29(2)35;1-4-5-6-7-8-9-10-11-12-13-14-15-16-17-18-19-33(29-20-24-31(35-3)25-21-29)30-22-26-32(27-23-30)36-28(2)34/h24-31,37H,4-23H2,1-3H3;21-28,34H,4-20H2,1-3H3;20-27,33H,4-19H2,1-3H3. The molecule has 0 aliphatic carbocycles. The van der Waals surface area contributed by atoms with Gasteiger partial charge in [0.15, 0.2) is 0 Å². The normalized spacial score (nSPS) is 11.9. The van der Waals surface area contributed by atoms with E-state index in [4.69, 9.17) is 28.4 Å². The van der Waals surface area contributed by atoms with Crippen LogP contribution in [-0.4, -0.2) is 39.2 Å². The van der Waals surface area contributed by atoms with Gasteiger partial charge in [-0.3, -0.25) is 14.4 Å². The number of methoxy groups -OCH3 is 3. The smallest absolute Gasteiger partial charge is 0.308 e. The number of hydrogen-bond acceptors (Lipinski definition) is 9. The Morgan fingerprint density at radius 1 is 0.195 bits per heavy atom. The molecule has 630 valence electrons. The van der Waals surface area contributed by atoms with E-state index in [1.54, 1.807) is 21.3 Å². The van der Waals surface area contributed by atoms with E-state index in [0.717, 1.165) is 36.5 Å². The van der Waals surface area contributed by atoms with Crippen LogP contribution in [0.4, 0.5) is 0 Å². The predicted molar refractivity (Wildman–Crippen MR) is 479 cm³/mol. The summed E-state index contributed by atoms with van der Waals surface area (Å²) in [7, 11) is 5.12. The summed E-state index contributed by atoms with van der Waals surface area (Å²) in [5.41, 5.74) is 7.72. The molecule has 0 spiro atoms. The molecule has 3 atom stereocenters. The van der Waals surface area contributed by atoms with Crippen LogP contribution in [0.25, 0.3) is 0 Å². The third-order valence-electron chi connectivity index (χ3n) is 22.7.